The first-order chi connectivity index (χ1) is 5.36. The maximum Gasteiger partial charge on any atom is 0.176 e. The maximum absolute atomic E-state index is 4.99. The van der Waals surface area contributed by atoms with Crippen LogP contribution in [0.1, 0.15) is 4.88 Å². The zero-order valence-corrected chi connectivity index (χ0v) is 6.89. The molecule has 0 aliphatic carbocycles. The van der Waals surface area contributed by atoms with E-state index < -0.39 is 0 Å². The third-order valence-electron chi connectivity index (χ3n) is 1.42. The second kappa shape index (κ2) is 2.51. The highest BCUT2D eigenvalue weighted by molar-refractivity contribution is 7.15. The summed E-state index contributed by atoms with van der Waals surface area (Å²) in [6.07, 6.45) is 1.66. The summed E-state index contributed by atoms with van der Waals surface area (Å²) in [5, 5.41) is 3.64. The molecule has 0 aliphatic rings. The van der Waals surface area contributed by atoms with Gasteiger partial charge in [-0.15, -0.1) is 11.3 Å². The summed E-state index contributed by atoms with van der Waals surface area (Å²) in [7, 11) is 0. The highest BCUT2D eigenvalue weighted by atomic mass is 32.1. The van der Waals surface area contributed by atoms with Crippen LogP contribution in [0.3, 0.4) is 0 Å². The number of nitrogens with zero attached hydrogens (tertiary/aromatic N) is 1. The molecule has 2 aromatic heterocycles. The summed E-state index contributed by atoms with van der Waals surface area (Å²) in [4.78, 5) is 2.43. The van der Waals surface area contributed by atoms with Crippen LogP contribution in [0.5, 0.6) is 0 Å². The molecule has 0 N–H and O–H groups in total. The summed E-state index contributed by atoms with van der Waals surface area (Å²) < 4.78 is 4.99. The highest BCUT2D eigenvalue weighted by Gasteiger charge is 2.02. The van der Waals surface area contributed by atoms with Gasteiger partial charge in [0.25, 0.3) is 0 Å². The van der Waals surface area contributed by atoms with Crippen LogP contribution in [0.15, 0.2) is 28.9 Å². The Morgan fingerprint density at radius 2 is 2.27 bits per heavy atom. The van der Waals surface area contributed by atoms with Crippen LogP contribution in [-0.4, -0.2) is 5.16 Å². The van der Waals surface area contributed by atoms with Crippen LogP contribution in [0.2, 0.25) is 0 Å². The monoisotopic (exact) mass is 165 g/mol. The predicted molar refractivity (Wildman–Crippen MR) is 44.6 cm³/mol. The van der Waals surface area contributed by atoms with E-state index in [9.17, 15) is 0 Å². The van der Waals surface area contributed by atoms with Crippen molar-refractivity contribution in [2.75, 3.05) is 0 Å². The Kier molecular flexibility index (Phi) is 1.51. The minimum atomic E-state index is 0.850. The van der Waals surface area contributed by atoms with E-state index in [2.05, 4.69) is 18.1 Å². The van der Waals surface area contributed by atoms with Crippen molar-refractivity contribution < 1.29 is 4.52 Å². The number of rotatable bonds is 1. The molecule has 11 heavy (non-hydrogen) atoms. The van der Waals surface area contributed by atoms with Gasteiger partial charge in [0.1, 0.15) is 0 Å². The summed E-state index contributed by atoms with van der Waals surface area (Å²) in [6.45, 7) is 2.07. The van der Waals surface area contributed by atoms with E-state index in [0.29, 0.717) is 0 Å². The summed E-state index contributed by atoms with van der Waals surface area (Å²) in [5.41, 5.74) is 0. The molecule has 2 heterocycles. The van der Waals surface area contributed by atoms with Gasteiger partial charge in [0.05, 0.1) is 11.1 Å². The molecular weight excluding hydrogens is 158 g/mol. The number of hydrogen-bond donors (Lipinski definition) is 0. The normalized spacial score (nSPS) is 10.3. The minimum absolute atomic E-state index is 0.850. The molecule has 0 aromatic carbocycles. The van der Waals surface area contributed by atoms with Gasteiger partial charge in [-0.2, -0.15) is 0 Å². The zero-order valence-electron chi connectivity index (χ0n) is 6.07. The molecule has 0 fully saturated rings. The van der Waals surface area contributed by atoms with Gasteiger partial charge in [0.2, 0.25) is 0 Å². The van der Waals surface area contributed by atoms with Crippen molar-refractivity contribution in [3.8, 4) is 10.6 Å². The largest absolute Gasteiger partial charge is 0.355 e. The first-order valence-electron chi connectivity index (χ1n) is 3.34. The molecule has 0 unspecified atom stereocenters. The van der Waals surface area contributed by atoms with Gasteiger partial charge in [-0.3, -0.25) is 0 Å². The third kappa shape index (κ3) is 1.19. The Hall–Kier alpha value is -1.09. The average Bonchev–Trinajstić information content (AvgIpc) is 2.55. The van der Waals surface area contributed by atoms with Crippen molar-refractivity contribution in [3.63, 3.8) is 0 Å². The lowest BCUT2D eigenvalue weighted by Gasteiger charge is -1.83. The van der Waals surface area contributed by atoms with Gasteiger partial charge >= 0.3 is 0 Å². The van der Waals surface area contributed by atoms with Gasteiger partial charge in [-0.05, 0) is 19.1 Å². The number of thiophene rings is 1. The molecule has 0 radical (unpaired) electrons. The topological polar surface area (TPSA) is 26.0 Å². The minimum Gasteiger partial charge on any atom is -0.355 e. The van der Waals surface area contributed by atoms with Gasteiger partial charge in [0.15, 0.2) is 5.76 Å². The van der Waals surface area contributed by atoms with Crippen molar-refractivity contribution in [1.82, 2.24) is 5.16 Å². The lowest BCUT2D eigenvalue weighted by atomic mass is 10.4. The lowest BCUT2D eigenvalue weighted by molar-refractivity contribution is 0.433. The van der Waals surface area contributed by atoms with Gasteiger partial charge in [-0.1, -0.05) is 5.16 Å². The van der Waals surface area contributed by atoms with Crippen LogP contribution >= 0.6 is 11.3 Å². The third-order valence-corrected chi connectivity index (χ3v) is 2.44. The van der Waals surface area contributed by atoms with Gasteiger partial charge < -0.3 is 4.52 Å². The van der Waals surface area contributed by atoms with Crippen LogP contribution in [0.25, 0.3) is 10.6 Å². The van der Waals surface area contributed by atoms with E-state index in [0.717, 1.165) is 10.6 Å². The Labute approximate surface area is 68.5 Å². The molecule has 0 bridgehead atoms. The second-order valence-corrected chi connectivity index (χ2v) is 3.57. The maximum atomic E-state index is 4.99. The Balaban J connectivity index is 2.45. The van der Waals surface area contributed by atoms with Gasteiger partial charge in [-0.25, -0.2) is 0 Å². The fourth-order valence-corrected chi connectivity index (χ4v) is 1.73. The van der Waals surface area contributed by atoms with E-state index in [1.165, 1.54) is 4.88 Å². The predicted octanol–water partition coefficient (Wildman–Crippen LogP) is 2.71. The van der Waals surface area contributed by atoms with E-state index in [1.54, 1.807) is 17.5 Å². The molecule has 0 saturated heterocycles. The van der Waals surface area contributed by atoms with Crippen LogP contribution in [-0.2, 0) is 0 Å². The fraction of sp³-hybridized carbons (Fsp3) is 0.125. The molecule has 3 heteroatoms. The number of hydrogen-bond acceptors (Lipinski definition) is 3. The van der Waals surface area contributed by atoms with Crippen molar-refractivity contribution in [3.05, 3.63) is 29.3 Å². The second-order valence-electron chi connectivity index (χ2n) is 2.29. The van der Waals surface area contributed by atoms with E-state index >= 15 is 0 Å². The fourth-order valence-electron chi connectivity index (χ4n) is 0.910. The number of aromatic nitrogens is 1. The standard InChI is InChI=1S/C8H7NOS/c1-6-2-3-8(11-6)7-4-5-9-10-7/h2-5H,1H3. The summed E-state index contributed by atoms with van der Waals surface area (Å²) in [5.74, 6) is 0.850. The van der Waals surface area contributed by atoms with Crippen molar-refractivity contribution in [2.45, 2.75) is 6.92 Å². The molecule has 56 valence electrons. The number of aryl methyl sites for hydroxylation is 1. The molecule has 0 spiro atoms. The average molecular weight is 165 g/mol. The van der Waals surface area contributed by atoms with E-state index in [4.69, 9.17) is 4.52 Å². The van der Waals surface area contributed by atoms with E-state index in [1.807, 2.05) is 12.1 Å². The molecule has 2 rings (SSSR count). The van der Waals surface area contributed by atoms with Crippen LogP contribution in [0, 0.1) is 6.92 Å². The van der Waals surface area contributed by atoms with Gasteiger partial charge in [0, 0.05) is 10.9 Å². The van der Waals surface area contributed by atoms with Crippen molar-refractivity contribution in [2.24, 2.45) is 0 Å². The smallest absolute Gasteiger partial charge is 0.176 e. The zero-order chi connectivity index (χ0) is 7.68. The molecule has 0 saturated carbocycles. The molecule has 0 aliphatic heterocycles. The summed E-state index contributed by atoms with van der Waals surface area (Å²) in [6, 6.07) is 5.98. The lowest BCUT2D eigenvalue weighted by Crippen LogP contribution is -1.59. The van der Waals surface area contributed by atoms with Crippen molar-refractivity contribution >= 4 is 11.3 Å². The highest BCUT2D eigenvalue weighted by Crippen LogP contribution is 2.26. The molecule has 2 nitrogen and oxygen atoms in total. The van der Waals surface area contributed by atoms with Crippen LogP contribution in [0.4, 0.5) is 0 Å². The van der Waals surface area contributed by atoms with E-state index in [-0.39, 0.29) is 0 Å². The molecular formula is C8H7NOS. The SMILES string of the molecule is Cc1ccc(-c2ccno2)s1. The van der Waals surface area contributed by atoms with Crippen LogP contribution < -0.4 is 0 Å². The Morgan fingerprint density at radius 3 is 2.82 bits per heavy atom. The molecule has 0 amide bonds. The molecule has 2 aromatic rings. The Morgan fingerprint density at radius 1 is 1.36 bits per heavy atom. The first kappa shape index (κ1) is 6.61. The van der Waals surface area contributed by atoms with Crippen molar-refractivity contribution in [1.29, 1.82) is 0 Å². The molecule has 0 atom stereocenters. The first-order valence-corrected chi connectivity index (χ1v) is 4.15. The Bertz CT molecular complexity index is 337. The summed E-state index contributed by atoms with van der Waals surface area (Å²) >= 11 is 1.71. The quantitative estimate of drug-likeness (QED) is 0.649.